The molecule has 1 fully saturated rings. The van der Waals surface area contributed by atoms with Crippen molar-refractivity contribution in [1.29, 1.82) is 0 Å². The first-order chi connectivity index (χ1) is 34.7. The van der Waals surface area contributed by atoms with Gasteiger partial charge in [-0.2, -0.15) is 0 Å². The number of imide groups is 1. The van der Waals surface area contributed by atoms with Crippen LogP contribution < -0.4 is 73.9 Å². The third kappa shape index (κ3) is 21.7. The molecule has 0 N–H and O–H groups in total. The van der Waals surface area contributed by atoms with Crippen LogP contribution in [0.3, 0.4) is 0 Å². The van der Waals surface area contributed by atoms with E-state index in [1.165, 1.54) is 24.5 Å². The molecule has 28 heteroatoms. The number of fused-ring (bicyclic) bond motifs is 2. The Kier molecular flexibility index (Phi) is 28.5. The number of hydrogen-bond acceptors (Lipinski definition) is 21. The van der Waals surface area contributed by atoms with Crippen molar-refractivity contribution in [2.24, 2.45) is 0 Å². The molecule has 23 nitrogen and oxygen atoms in total. The van der Waals surface area contributed by atoms with Crippen LogP contribution in [0.25, 0.3) is 17.4 Å². The number of methoxy groups -OCH3 is 1. The van der Waals surface area contributed by atoms with Crippen molar-refractivity contribution in [3.05, 3.63) is 83.1 Å². The number of carbonyl (C=O) groups is 3. The van der Waals surface area contributed by atoms with E-state index in [0.29, 0.717) is 71.7 Å². The Balaban J connectivity index is 0.00000741. The number of ether oxygens (including phenoxy) is 6. The van der Waals surface area contributed by atoms with Gasteiger partial charge in [0.15, 0.2) is 6.54 Å². The number of anilines is 1. The van der Waals surface area contributed by atoms with Crippen molar-refractivity contribution >= 4 is 59.9 Å². The van der Waals surface area contributed by atoms with Crippen molar-refractivity contribution in [3.63, 3.8) is 0 Å². The number of nitrogens with zero attached hydrogens (tertiary/aromatic N) is 3. The van der Waals surface area contributed by atoms with Crippen LogP contribution in [0.15, 0.2) is 75.9 Å². The van der Waals surface area contributed by atoms with Crippen molar-refractivity contribution < 1.29 is 150 Å². The largest absolute Gasteiger partial charge is 1.00 e. The molecular weight excluding hydrogens is 1070 g/mol. The molecule has 1 aromatic carbocycles. The molecule has 0 radical (unpaired) electrons. The zero-order valence-corrected chi connectivity index (χ0v) is 49.1. The molecule has 1 saturated heterocycles. The van der Waals surface area contributed by atoms with Gasteiger partial charge in [0.25, 0.3) is 11.8 Å². The van der Waals surface area contributed by atoms with Gasteiger partial charge in [0.05, 0.1) is 110 Å². The van der Waals surface area contributed by atoms with Gasteiger partial charge in [-0.15, -0.1) is 5.06 Å². The van der Waals surface area contributed by atoms with Crippen molar-refractivity contribution in [2.75, 3.05) is 116 Å². The minimum Gasteiger partial charge on any atom is -0.748 e. The summed E-state index contributed by atoms with van der Waals surface area (Å²) in [5, 5.41) is 1.15. The molecule has 75 heavy (non-hydrogen) atoms. The second-order valence-corrected chi connectivity index (χ2v) is 21.3. The maximum absolute atomic E-state index is 12.3. The van der Waals surface area contributed by atoms with E-state index in [9.17, 15) is 53.3 Å². The van der Waals surface area contributed by atoms with Gasteiger partial charge in [0, 0.05) is 72.9 Å². The standard InChI is InChI=1S/C47H63N3O20S3.2Na/c1-47(16-4-32-71(54,55)56)40-35-38(73(60,61)62)9-11-41(40)49(19-23-66-28-31-68-29-26-64-20-15-46(53)70-50-44(51)12-13-45(50)52)43(47)7-3-6-36-14-21-69-42-34-37(8-10-39(36)42)48(17-5-33-72(57,58)59)18-22-65-27-30-67-25-24-63-2;;/h3,6-11,14,21,34-35H,4-5,12-13,15-20,22-33H2,1-2H3,(H2-,54,55,56,57,58,59,60,61,62);;/q;2*+1/p-2. The molecule has 1 aromatic rings. The van der Waals surface area contributed by atoms with Crippen LogP contribution in [0.2, 0.25) is 0 Å². The Bertz CT molecular complexity index is 2790. The van der Waals surface area contributed by atoms with Crippen LogP contribution in [0.4, 0.5) is 5.69 Å². The van der Waals surface area contributed by atoms with Crippen LogP contribution >= 0.6 is 0 Å². The molecule has 2 amide bonds. The Morgan fingerprint density at radius 2 is 1.35 bits per heavy atom. The van der Waals surface area contributed by atoms with Gasteiger partial charge in [-0.1, -0.05) is 12.2 Å². The van der Waals surface area contributed by atoms with Gasteiger partial charge >= 0.3 is 65.1 Å². The summed E-state index contributed by atoms with van der Waals surface area (Å²) in [6, 6.07) is 11.2. The molecular formula is C47H61N3Na2O20S3. The Labute approximate surface area is 481 Å². The van der Waals surface area contributed by atoms with Gasteiger partial charge in [0.2, 0.25) is 5.36 Å². The molecule has 3 aliphatic heterocycles. The summed E-state index contributed by atoms with van der Waals surface area (Å²) < 4.78 is 147. The van der Waals surface area contributed by atoms with E-state index in [2.05, 4.69) is 0 Å². The fourth-order valence-corrected chi connectivity index (χ4v) is 9.57. The summed E-state index contributed by atoms with van der Waals surface area (Å²) in [4.78, 5) is 41.4. The number of hydrogen-bond donors (Lipinski definition) is 0. The topological polar surface area (TPSA) is 310 Å². The summed E-state index contributed by atoms with van der Waals surface area (Å²) in [6.45, 7) is 5.14. The first-order valence-electron chi connectivity index (χ1n) is 23.4. The quantitative estimate of drug-likeness (QED) is 0.0183. The Hall–Kier alpha value is -2.97. The third-order valence-electron chi connectivity index (χ3n) is 11.7. The first kappa shape index (κ1) is 66.3. The van der Waals surface area contributed by atoms with E-state index in [1.807, 2.05) is 27.7 Å². The minimum absolute atomic E-state index is 0. The minimum atomic E-state index is -4.91. The SMILES string of the molecule is COCCOCCOCC[N+](CCCS(=O)(=O)[O-])=c1ccc2c(/C=C/C=C3/N(CCOCCOCCOCCC(=O)ON4C(=O)CCC4=O)c4ccc(S(=O)(=O)[O-])cc4C3(C)CCCS(=O)(=O)[O-])ccoc-2c1.[Na+].[Na+]. The molecule has 4 aliphatic rings. The summed E-state index contributed by atoms with van der Waals surface area (Å²) in [5.74, 6) is -2.69. The Morgan fingerprint density at radius 1 is 0.747 bits per heavy atom. The van der Waals surface area contributed by atoms with Crippen LogP contribution in [-0.2, 0) is 83.4 Å². The summed E-state index contributed by atoms with van der Waals surface area (Å²) in [5.41, 5.74) is 1.87. The third-order valence-corrected chi connectivity index (χ3v) is 14.1. The van der Waals surface area contributed by atoms with Gasteiger partial charge in [0.1, 0.15) is 29.0 Å². The fraction of sp³-hybridized carbons (Fsp3) is 0.532. The van der Waals surface area contributed by atoms with Gasteiger partial charge < -0.3 is 56.2 Å². The van der Waals surface area contributed by atoms with Gasteiger partial charge in [-0.3, -0.25) is 9.59 Å². The van der Waals surface area contributed by atoms with E-state index in [4.69, 9.17) is 37.7 Å². The molecule has 404 valence electrons. The molecule has 5 rings (SSSR count). The molecule has 0 saturated carbocycles. The fourth-order valence-electron chi connectivity index (χ4n) is 8.10. The number of hydroxylamine groups is 2. The summed E-state index contributed by atoms with van der Waals surface area (Å²) in [6.07, 6.45) is 6.70. The number of benzene rings is 2. The number of carbonyl (C=O) groups excluding carboxylic acids is 3. The second kappa shape index (κ2) is 32.2. The number of amides is 2. The van der Waals surface area contributed by atoms with Crippen molar-refractivity contribution in [1.82, 2.24) is 9.64 Å². The molecule has 0 bridgehead atoms. The van der Waals surface area contributed by atoms with Crippen LogP contribution in [0, 0.1) is 0 Å². The number of rotatable bonds is 33. The van der Waals surface area contributed by atoms with E-state index in [1.54, 1.807) is 38.3 Å². The monoisotopic (exact) mass is 1130 g/mol. The smallest absolute Gasteiger partial charge is 0.748 e. The average Bonchev–Trinajstić information content (AvgIpc) is 3.76. The van der Waals surface area contributed by atoms with Gasteiger partial charge in [-0.25, -0.2) is 34.6 Å². The van der Waals surface area contributed by atoms with Gasteiger partial charge in [-0.05, 0) is 67.3 Å². The molecule has 1 atom stereocenters. The van der Waals surface area contributed by atoms with Crippen molar-refractivity contribution in [2.45, 2.75) is 55.8 Å². The normalized spacial score (nSPS) is 16.9. The summed E-state index contributed by atoms with van der Waals surface area (Å²) in [7, 11) is -12.4. The Morgan fingerprint density at radius 3 is 1.97 bits per heavy atom. The van der Waals surface area contributed by atoms with E-state index in [-0.39, 0.29) is 157 Å². The van der Waals surface area contributed by atoms with Crippen LogP contribution in [0.1, 0.15) is 56.6 Å². The zero-order valence-electron chi connectivity index (χ0n) is 42.6. The summed E-state index contributed by atoms with van der Waals surface area (Å²) >= 11 is 0. The first-order valence-corrected chi connectivity index (χ1v) is 27.9. The van der Waals surface area contributed by atoms with Crippen LogP contribution in [0.5, 0.6) is 0 Å². The van der Waals surface area contributed by atoms with E-state index < -0.39 is 70.0 Å². The van der Waals surface area contributed by atoms with E-state index in [0.717, 1.165) is 5.56 Å². The molecule has 3 heterocycles. The predicted octanol–water partition coefficient (Wildman–Crippen LogP) is -4.27. The maximum Gasteiger partial charge on any atom is 1.00 e. The molecule has 1 aliphatic carbocycles. The van der Waals surface area contributed by atoms with E-state index >= 15 is 0 Å². The molecule has 1 unspecified atom stereocenters. The molecule has 0 spiro atoms. The zero-order chi connectivity index (χ0) is 53.1. The average molecular weight is 1130 g/mol. The molecule has 0 aromatic heterocycles. The predicted molar refractivity (Wildman–Crippen MR) is 257 cm³/mol. The van der Waals surface area contributed by atoms with Crippen molar-refractivity contribution in [3.8, 4) is 11.3 Å². The number of allylic oxidation sites excluding steroid dienone is 3. The maximum atomic E-state index is 12.3. The second-order valence-electron chi connectivity index (χ2n) is 16.9. The van der Waals surface area contributed by atoms with Crippen LogP contribution in [-0.4, -0.2) is 173 Å².